The highest BCUT2D eigenvalue weighted by molar-refractivity contribution is 5.42. The number of anilines is 1. The molecule has 2 aromatic heterocycles. The summed E-state index contributed by atoms with van der Waals surface area (Å²) in [6.07, 6.45) is 1.54. The molecule has 0 bridgehead atoms. The summed E-state index contributed by atoms with van der Waals surface area (Å²) in [6, 6.07) is 11.8. The van der Waals surface area contributed by atoms with Crippen molar-refractivity contribution < 1.29 is 4.74 Å². The molecule has 0 amide bonds. The predicted octanol–water partition coefficient (Wildman–Crippen LogP) is 2.90. The molecule has 0 saturated carbocycles. The van der Waals surface area contributed by atoms with Crippen molar-refractivity contribution in [2.24, 2.45) is 0 Å². The summed E-state index contributed by atoms with van der Waals surface area (Å²) in [5.41, 5.74) is 3.13. The lowest BCUT2D eigenvalue weighted by molar-refractivity contribution is 0.414. The molecule has 118 valence electrons. The Bertz CT molecular complexity index is 812. The van der Waals surface area contributed by atoms with Gasteiger partial charge in [0.2, 0.25) is 0 Å². The van der Waals surface area contributed by atoms with Gasteiger partial charge >= 0.3 is 0 Å². The minimum absolute atomic E-state index is 0.658. The molecule has 0 saturated heterocycles. The molecule has 6 heteroatoms. The Kier molecular flexibility index (Phi) is 4.23. The first-order chi connectivity index (χ1) is 11.2. The lowest BCUT2D eigenvalue weighted by Crippen LogP contribution is -2.06. The summed E-state index contributed by atoms with van der Waals surface area (Å²) < 4.78 is 7.05. The first-order valence-corrected chi connectivity index (χ1v) is 7.38. The van der Waals surface area contributed by atoms with Gasteiger partial charge < -0.3 is 10.1 Å². The normalized spacial score (nSPS) is 10.6. The van der Waals surface area contributed by atoms with E-state index < -0.39 is 0 Å². The number of benzene rings is 1. The SMILES string of the molecule is COc1cccc(CNc2cc(-n3nc(C)cc3C)ncn2)c1. The quantitative estimate of drug-likeness (QED) is 0.785. The third-order valence-electron chi connectivity index (χ3n) is 3.49. The minimum Gasteiger partial charge on any atom is -0.497 e. The molecule has 1 N–H and O–H groups in total. The Labute approximate surface area is 135 Å². The zero-order chi connectivity index (χ0) is 16.2. The Morgan fingerprint density at radius 2 is 2.00 bits per heavy atom. The molecule has 0 fully saturated rings. The van der Waals surface area contributed by atoms with Crippen molar-refractivity contribution in [3.05, 3.63) is 59.7 Å². The molecular weight excluding hydrogens is 290 g/mol. The van der Waals surface area contributed by atoms with Crippen LogP contribution in [0.5, 0.6) is 5.75 Å². The molecule has 1 aromatic carbocycles. The van der Waals surface area contributed by atoms with E-state index >= 15 is 0 Å². The van der Waals surface area contributed by atoms with Crippen molar-refractivity contribution in [1.82, 2.24) is 19.7 Å². The molecule has 0 aliphatic rings. The van der Waals surface area contributed by atoms with Gasteiger partial charge in [-0.3, -0.25) is 0 Å². The molecule has 23 heavy (non-hydrogen) atoms. The second kappa shape index (κ2) is 6.48. The van der Waals surface area contributed by atoms with Gasteiger partial charge in [0, 0.05) is 18.3 Å². The van der Waals surface area contributed by atoms with Crippen LogP contribution in [0, 0.1) is 13.8 Å². The fourth-order valence-corrected chi connectivity index (χ4v) is 2.40. The van der Waals surface area contributed by atoms with Crippen molar-refractivity contribution in [3.63, 3.8) is 0 Å². The fraction of sp³-hybridized carbons (Fsp3) is 0.235. The maximum atomic E-state index is 5.23. The van der Waals surface area contributed by atoms with Crippen molar-refractivity contribution in [3.8, 4) is 11.6 Å². The van der Waals surface area contributed by atoms with E-state index in [2.05, 4.69) is 20.4 Å². The summed E-state index contributed by atoms with van der Waals surface area (Å²) in [7, 11) is 1.66. The maximum absolute atomic E-state index is 5.23. The molecule has 0 aliphatic heterocycles. The van der Waals surface area contributed by atoms with Gasteiger partial charge in [-0.15, -0.1) is 0 Å². The summed E-state index contributed by atoms with van der Waals surface area (Å²) in [6.45, 7) is 4.63. The topological polar surface area (TPSA) is 64.9 Å². The van der Waals surface area contributed by atoms with Crippen LogP contribution in [0.2, 0.25) is 0 Å². The van der Waals surface area contributed by atoms with Crippen LogP contribution in [-0.2, 0) is 6.54 Å². The van der Waals surface area contributed by atoms with Crippen molar-refractivity contribution >= 4 is 5.82 Å². The molecule has 0 radical (unpaired) electrons. The zero-order valence-electron chi connectivity index (χ0n) is 13.4. The molecule has 3 aromatic rings. The van der Waals surface area contributed by atoms with Gasteiger partial charge in [0.25, 0.3) is 0 Å². The number of rotatable bonds is 5. The highest BCUT2D eigenvalue weighted by atomic mass is 16.5. The standard InChI is InChI=1S/C17H19N5O/c1-12-7-13(2)22(21-12)17-9-16(19-11-20-17)18-10-14-5-4-6-15(8-14)23-3/h4-9,11H,10H2,1-3H3,(H,18,19,20). The Morgan fingerprint density at radius 3 is 2.74 bits per heavy atom. The average molecular weight is 309 g/mol. The van der Waals surface area contributed by atoms with E-state index in [1.807, 2.05) is 54.9 Å². The molecule has 3 rings (SSSR count). The van der Waals surface area contributed by atoms with Gasteiger partial charge in [0.1, 0.15) is 17.9 Å². The van der Waals surface area contributed by atoms with Crippen LogP contribution in [0.4, 0.5) is 5.82 Å². The molecule has 0 spiro atoms. The summed E-state index contributed by atoms with van der Waals surface area (Å²) in [4.78, 5) is 8.56. The van der Waals surface area contributed by atoms with Crippen molar-refractivity contribution in [2.45, 2.75) is 20.4 Å². The lowest BCUT2D eigenvalue weighted by atomic mass is 10.2. The molecule has 2 heterocycles. The van der Waals surface area contributed by atoms with Gasteiger partial charge in [0.05, 0.1) is 12.8 Å². The molecular formula is C17H19N5O. The van der Waals surface area contributed by atoms with E-state index in [0.717, 1.165) is 34.3 Å². The first-order valence-electron chi connectivity index (χ1n) is 7.38. The molecule has 0 atom stereocenters. The second-order valence-electron chi connectivity index (χ2n) is 5.31. The van der Waals surface area contributed by atoms with E-state index in [-0.39, 0.29) is 0 Å². The van der Waals surface area contributed by atoms with E-state index in [4.69, 9.17) is 4.74 Å². The Morgan fingerprint density at radius 1 is 1.13 bits per heavy atom. The molecule has 0 aliphatic carbocycles. The number of hydrogen-bond donors (Lipinski definition) is 1. The van der Waals surface area contributed by atoms with Gasteiger partial charge in [-0.2, -0.15) is 5.10 Å². The number of nitrogens with one attached hydrogen (secondary N) is 1. The van der Waals surface area contributed by atoms with Crippen LogP contribution in [0.25, 0.3) is 5.82 Å². The number of aryl methyl sites for hydroxylation is 2. The first kappa shape index (κ1) is 15.0. The monoisotopic (exact) mass is 309 g/mol. The van der Waals surface area contributed by atoms with Gasteiger partial charge in [-0.1, -0.05) is 12.1 Å². The van der Waals surface area contributed by atoms with Crippen LogP contribution < -0.4 is 10.1 Å². The zero-order valence-corrected chi connectivity index (χ0v) is 13.4. The minimum atomic E-state index is 0.658. The lowest BCUT2D eigenvalue weighted by Gasteiger charge is -2.09. The van der Waals surface area contributed by atoms with Crippen LogP contribution in [0.1, 0.15) is 17.0 Å². The van der Waals surface area contributed by atoms with Gasteiger partial charge in [-0.05, 0) is 37.6 Å². The van der Waals surface area contributed by atoms with Crippen LogP contribution >= 0.6 is 0 Å². The predicted molar refractivity (Wildman–Crippen MR) is 88.9 cm³/mol. The number of ether oxygens (including phenoxy) is 1. The van der Waals surface area contributed by atoms with E-state index in [1.54, 1.807) is 13.4 Å². The van der Waals surface area contributed by atoms with Gasteiger partial charge in [-0.25, -0.2) is 14.6 Å². The Balaban J connectivity index is 1.76. The largest absolute Gasteiger partial charge is 0.497 e. The third-order valence-corrected chi connectivity index (χ3v) is 3.49. The van der Waals surface area contributed by atoms with Crippen LogP contribution in [-0.4, -0.2) is 26.9 Å². The Hall–Kier alpha value is -2.89. The number of nitrogens with zero attached hydrogens (tertiary/aromatic N) is 4. The van der Waals surface area contributed by atoms with E-state index in [0.29, 0.717) is 6.54 Å². The molecule has 0 unspecified atom stereocenters. The van der Waals surface area contributed by atoms with Crippen molar-refractivity contribution in [2.75, 3.05) is 12.4 Å². The number of aromatic nitrogens is 4. The van der Waals surface area contributed by atoms with Gasteiger partial charge in [0.15, 0.2) is 5.82 Å². The highest BCUT2D eigenvalue weighted by Gasteiger charge is 2.06. The fourth-order valence-electron chi connectivity index (χ4n) is 2.40. The average Bonchev–Trinajstić information content (AvgIpc) is 2.92. The smallest absolute Gasteiger partial charge is 0.159 e. The summed E-state index contributed by atoms with van der Waals surface area (Å²) >= 11 is 0. The van der Waals surface area contributed by atoms with E-state index in [9.17, 15) is 0 Å². The third kappa shape index (κ3) is 3.48. The van der Waals surface area contributed by atoms with E-state index in [1.165, 1.54) is 0 Å². The van der Waals surface area contributed by atoms with Crippen molar-refractivity contribution in [1.29, 1.82) is 0 Å². The second-order valence-corrected chi connectivity index (χ2v) is 5.31. The van der Waals surface area contributed by atoms with Crippen LogP contribution in [0.3, 0.4) is 0 Å². The summed E-state index contributed by atoms with van der Waals surface area (Å²) in [5, 5.41) is 7.75. The molecule has 6 nitrogen and oxygen atoms in total. The number of hydrogen-bond acceptors (Lipinski definition) is 5. The maximum Gasteiger partial charge on any atom is 0.159 e. The highest BCUT2D eigenvalue weighted by Crippen LogP contribution is 2.15. The number of methoxy groups -OCH3 is 1. The summed E-state index contributed by atoms with van der Waals surface area (Å²) in [5.74, 6) is 2.35. The van der Waals surface area contributed by atoms with Crippen LogP contribution in [0.15, 0.2) is 42.7 Å².